The van der Waals surface area contributed by atoms with Gasteiger partial charge < -0.3 is 10.2 Å². The molecule has 0 aromatic heterocycles. The Balaban J connectivity index is 1.57. The summed E-state index contributed by atoms with van der Waals surface area (Å²) in [5.41, 5.74) is 0. The molecular formula is C14H29N3. The van der Waals surface area contributed by atoms with Crippen LogP contribution < -0.4 is 5.32 Å². The van der Waals surface area contributed by atoms with Crippen LogP contribution in [0.5, 0.6) is 0 Å². The van der Waals surface area contributed by atoms with Crippen LogP contribution in [0.3, 0.4) is 0 Å². The highest BCUT2D eigenvalue weighted by Crippen LogP contribution is 2.20. The highest BCUT2D eigenvalue weighted by atomic mass is 15.3. The van der Waals surface area contributed by atoms with E-state index in [1.165, 1.54) is 65.0 Å². The van der Waals surface area contributed by atoms with Crippen LogP contribution in [0.1, 0.15) is 39.5 Å². The summed E-state index contributed by atoms with van der Waals surface area (Å²) in [5, 5.41) is 3.50. The smallest absolute Gasteiger partial charge is 0.0235 e. The zero-order valence-corrected chi connectivity index (χ0v) is 11.6. The molecule has 2 aliphatic heterocycles. The Morgan fingerprint density at radius 2 is 1.94 bits per heavy atom. The molecule has 0 aliphatic carbocycles. The summed E-state index contributed by atoms with van der Waals surface area (Å²) in [5.74, 6) is 0. The largest absolute Gasteiger partial charge is 0.314 e. The van der Waals surface area contributed by atoms with Gasteiger partial charge >= 0.3 is 0 Å². The highest BCUT2D eigenvalue weighted by Gasteiger charge is 2.28. The Kier molecular flexibility index (Phi) is 5.26. The summed E-state index contributed by atoms with van der Waals surface area (Å²) in [7, 11) is 0. The van der Waals surface area contributed by atoms with Crippen LogP contribution in [0.15, 0.2) is 0 Å². The molecule has 0 amide bonds. The average molecular weight is 239 g/mol. The molecule has 2 rings (SSSR count). The molecule has 1 unspecified atom stereocenters. The highest BCUT2D eigenvalue weighted by molar-refractivity contribution is 4.85. The van der Waals surface area contributed by atoms with Crippen LogP contribution in [0.25, 0.3) is 0 Å². The average Bonchev–Trinajstić information content (AvgIpc) is 2.94. The van der Waals surface area contributed by atoms with Crippen LogP contribution in [-0.4, -0.2) is 61.2 Å². The molecule has 1 N–H and O–H groups in total. The van der Waals surface area contributed by atoms with Gasteiger partial charge in [-0.05, 0) is 58.4 Å². The lowest BCUT2D eigenvalue weighted by Crippen LogP contribution is -2.36. The van der Waals surface area contributed by atoms with Crippen LogP contribution in [0.2, 0.25) is 0 Å². The van der Waals surface area contributed by atoms with Crippen molar-refractivity contribution in [2.24, 2.45) is 0 Å². The fourth-order valence-electron chi connectivity index (χ4n) is 3.11. The molecule has 0 bridgehead atoms. The van der Waals surface area contributed by atoms with Crippen molar-refractivity contribution in [1.29, 1.82) is 0 Å². The first kappa shape index (κ1) is 13.3. The summed E-state index contributed by atoms with van der Waals surface area (Å²) in [6.07, 6.45) is 5.55. The van der Waals surface area contributed by atoms with E-state index < -0.39 is 0 Å². The molecule has 1 atom stereocenters. The van der Waals surface area contributed by atoms with E-state index >= 15 is 0 Å². The quantitative estimate of drug-likeness (QED) is 0.710. The maximum atomic E-state index is 3.50. The molecule has 2 aliphatic rings. The van der Waals surface area contributed by atoms with Crippen LogP contribution in [-0.2, 0) is 0 Å². The van der Waals surface area contributed by atoms with E-state index in [0.717, 1.165) is 6.04 Å². The first-order chi connectivity index (χ1) is 8.25. The normalized spacial score (nSPS) is 27.4. The minimum absolute atomic E-state index is 0.630. The lowest BCUT2D eigenvalue weighted by atomic mass is 10.2. The van der Waals surface area contributed by atoms with E-state index in [2.05, 4.69) is 29.0 Å². The molecule has 2 fully saturated rings. The fraction of sp³-hybridized carbons (Fsp3) is 1.00. The van der Waals surface area contributed by atoms with Crippen molar-refractivity contribution in [3.05, 3.63) is 0 Å². The minimum Gasteiger partial charge on any atom is -0.314 e. The van der Waals surface area contributed by atoms with Crippen molar-refractivity contribution < 1.29 is 0 Å². The molecule has 0 radical (unpaired) electrons. The summed E-state index contributed by atoms with van der Waals surface area (Å²) < 4.78 is 0. The van der Waals surface area contributed by atoms with Crippen molar-refractivity contribution in [2.75, 3.05) is 39.3 Å². The zero-order valence-electron chi connectivity index (χ0n) is 11.6. The van der Waals surface area contributed by atoms with Crippen molar-refractivity contribution >= 4 is 0 Å². The molecule has 0 spiro atoms. The van der Waals surface area contributed by atoms with E-state index in [-0.39, 0.29) is 0 Å². The number of rotatable bonds is 6. The van der Waals surface area contributed by atoms with Crippen LogP contribution in [0, 0.1) is 0 Å². The fourth-order valence-corrected chi connectivity index (χ4v) is 3.11. The topological polar surface area (TPSA) is 18.5 Å². The van der Waals surface area contributed by atoms with Gasteiger partial charge in [-0.3, -0.25) is 4.90 Å². The van der Waals surface area contributed by atoms with Gasteiger partial charge in [-0.2, -0.15) is 0 Å². The second-order valence-electron chi connectivity index (χ2n) is 5.95. The van der Waals surface area contributed by atoms with Gasteiger partial charge in [0, 0.05) is 18.6 Å². The summed E-state index contributed by atoms with van der Waals surface area (Å²) in [6.45, 7) is 12.2. The van der Waals surface area contributed by atoms with Gasteiger partial charge in [-0.25, -0.2) is 0 Å². The molecule has 2 saturated heterocycles. The molecule has 2 heterocycles. The van der Waals surface area contributed by atoms with Gasteiger partial charge in [0.2, 0.25) is 0 Å². The molecule has 0 aromatic rings. The predicted molar refractivity (Wildman–Crippen MR) is 73.4 cm³/mol. The van der Waals surface area contributed by atoms with Gasteiger partial charge in [0.15, 0.2) is 0 Å². The SMILES string of the molecule is CC(C)NCCCN1CCC(N2CCCC2)C1. The third-order valence-corrected chi connectivity index (χ3v) is 4.11. The van der Waals surface area contributed by atoms with Crippen molar-refractivity contribution in [3.8, 4) is 0 Å². The Labute approximate surface area is 107 Å². The third-order valence-electron chi connectivity index (χ3n) is 4.11. The number of likely N-dealkylation sites (tertiary alicyclic amines) is 2. The maximum Gasteiger partial charge on any atom is 0.0235 e. The Morgan fingerprint density at radius 3 is 2.65 bits per heavy atom. The van der Waals surface area contributed by atoms with Crippen molar-refractivity contribution in [1.82, 2.24) is 15.1 Å². The maximum absolute atomic E-state index is 3.50. The molecule has 0 saturated carbocycles. The van der Waals surface area contributed by atoms with E-state index in [1.807, 2.05) is 0 Å². The molecule has 3 nitrogen and oxygen atoms in total. The van der Waals surface area contributed by atoms with E-state index in [1.54, 1.807) is 0 Å². The molecule has 0 aromatic carbocycles. The van der Waals surface area contributed by atoms with E-state index in [0.29, 0.717) is 6.04 Å². The molecule has 100 valence electrons. The van der Waals surface area contributed by atoms with Crippen molar-refractivity contribution in [3.63, 3.8) is 0 Å². The number of nitrogens with one attached hydrogen (secondary N) is 1. The summed E-state index contributed by atoms with van der Waals surface area (Å²) in [6, 6.07) is 1.50. The van der Waals surface area contributed by atoms with Gasteiger partial charge in [0.05, 0.1) is 0 Å². The van der Waals surface area contributed by atoms with E-state index in [4.69, 9.17) is 0 Å². The Bertz CT molecular complexity index is 212. The standard InChI is InChI=1S/C14H29N3/c1-13(2)15-7-5-8-16-11-6-14(12-16)17-9-3-4-10-17/h13-15H,3-12H2,1-2H3. The first-order valence-corrected chi connectivity index (χ1v) is 7.45. The second-order valence-corrected chi connectivity index (χ2v) is 5.95. The van der Waals surface area contributed by atoms with Crippen molar-refractivity contribution in [2.45, 2.75) is 51.6 Å². The number of hydrogen-bond donors (Lipinski definition) is 1. The minimum atomic E-state index is 0.630. The zero-order chi connectivity index (χ0) is 12.1. The number of nitrogens with zero attached hydrogens (tertiary/aromatic N) is 2. The van der Waals surface area contributed by atoms with E-state index in [9.17, 15) is 0 Å². The monoisotopic (exact) mass is 239 g/mol. The summed E-state index contributed by atoms with van der Waals surface area (Å²) >= 11 is 0. The van der Waals surface area contributed by atoms with Gasteiger partial charge in [0.1, 0.15) is 0 Å². The Hall–Kier alpha value is -0.120. The van der Waals surface area contributed by atoms with Gasteiger partial charge in [-0.1, -0.05) is 13.8 Å². The van der Waals surface area contributed by atoms with Crippen LogP contribution >= 0.6 is 0 Å². The lowest BCUT2D eigenvalue weighted by Gasteiger charge is -2.23. The number of hydrogen-bond acceptors (Lipinski definition) is 3. The molecule has 3 heteroatoms. The predicted octanol–water partition coefficient (Wildman–Crippen LogP) is 1.54. The first-order valence-electron chi connectivity index (χ1n) is 7.45. The third kappa shape index (κ3) is 4.23. The molecule has 17 heavy (non-hydrogen) atoms. The Morgan fingerprint density at radius 1 is 1.18 bits per heavy atom. The van der Waals surface area contributed by atoms with Gasteiger partial charge in [-0.15, -0.1) is 0 Å². The molecular weight excluding hydrogens is 210 g/mol. The van der Waals surface area contributed by atoms with Gasteiger partial charge in [0.25, 0.3) is 0 Å². The second kappa shape index (κ2) is 6.72. The lowest BCUT2D eigenvalue weighted by molar-refractivity contribution is 0.231. The summed E-state index contributed by atoms with van der Waals surface area (Å²) in [4.78, 5) is 5.37. The van der Waals surface area contributed by atoms with Crippen LogP contribution in [0.4, 0.5) is 0 Å².